The fourth-order valence-electron chi connectivity index (χ4n) is 1.12. The van der Waals surface area contributed by atoms with Gasteiger partial charge in [0.2, 0.25) is 0 Å². The highest BCUT2D eigenvalue weighted by Gasteiger charge is 2.07. The molecule has 1 aromatic rings. The highest BCUT2D eigenvalue weighted by atomic mass is 16.1. The van der Waals surface area contributed by atoms with E-state index >= 15 is 0 Å². The van der Waals surface area contributed by atoms with Crippen LogP contribution in [0.15, 0.2) is 24.3 Å². The van der Waals surface area contributed by atoms with E-state index in [2.05, 4.69) is 0 Å². The molecular weight excluding hydrogens is 210 g/mol. The molecule has 17 heavy (non-hydrogen) atoms. The van der Waals surface area contributed by atoms with Gasteiger partial charge in [-0.3, -0.25) is 4.79 Å². The number of carbonyl (C=O) groups excluding carboxylic acids is 1. The zero-order valence-corrected chi connectivity index (χ0v) is 12.1. The lowest BCUT2D eigenvalue weighted by atomic mass is 10.0. The minimum Gasteiger partial charge on any atom is -0.321 e. The normalized spacial score (nSPS) is 10.3. The molecule has 0 aliphatic heterocycles. The van der Waals surface area contributed by atoms with Crippen LogP contribution in [-0.4, -0.2) is 11.8 Å². The molecule has 0 saturated heterocycles. The molecule has 0 saturated carbocycles. The van der Waals surface area contributed by atoms with E-state index in [4.69, 9.17) is 5.73 Å². The van der Waals surface area contributed by atoms with E-state index in [0.29, 0.717) is 6.42 Å². The summed E-state index contributed by atoms with van der Waals surface area (Å²) < 4.78 is 0. The van der Waals surface area contributed by atoms with E-state index in [1.807, 2.05) is 58.9 Å². The summed E-state index contributed by atoms with van der Waals surface area (Å²) in [6.45, 7) is 11.6. The van der Waals surface area contributed by atoms with Crippen LogP contribution in [0.4, 0.5) is 0 Å². The molecule has 0 spiro atoms. The van der Waals surface area contributed by atoms with Crippen molar-refractivity contribution in [1.29, 1.82) is 0 Å². The summed E-state index contributed by atoms with van der Waals surface area (Å²) in [7, 11) is 0. The summed E-state index contributed by atoms with van der Waals surface area (Å²) in [5, 5.41) is 0. The average molecular weight is 239 g/mol. The maximum Gasteiger partial charge on any atom is 0.146 e. The van der Waals surface area contributed by atoms with E-state index in [1.165, 1.54) is 12.5 Å². The fraction of sp³-hybridized carbons (Fsp3) is 0.533. The Balaban J connectivity index is -0.000000409. The maximum absolute atomic E-state index is 10.9. The number of hydrogen-bond donors (Lipinski definition) is 1. The number of rotatable bonds is 3. The lowest BCUT2D eigenvalue weighted by molar-refractivity contribution is -0.118. The Morgan fingerprint density at radius 3 is 1.94 bits per heavy atom. The van der Waals surface area contributed by atoms with Crippen LogP contribution in [0.25, 0.3) is 0 Å². The molecule has 2 nitrogen and oxygen atoms in total. The Morgan fingerprint density at radius 1 is 1.18 bits per heavy atom. The molecule has 0 amide bonds. The summed E-state index contributed by atoms with van der Waals surface area (Å²) in [6, 6.07) is 7.73. The average Bonchev–Trinajstić information content (AvgIpc) is 2.37. The Bertz CT molecular complexity index is 296. The van der Waals surface area contributed by atoms with E-state index in [1.54, 1.807) is 0 Å². The number of Topliss-reactive ketones (excluding diaryl/α,β-unsaturated/α-hetero) is 1. The molecule has 0 aromatic heterocycles. The topological polar surface area (TPSA) is 43.1 Å². The Hall–Kier alpha value is -1.15. The van der Waals surface area contributed by atoms with Crippen molar-refractivity contribution >= 4 is 5.78 Å². The van der Waals surface area contributed by atoms with Gasteiger partial charge in [0.15, 0.2) is 0 Å². The highest BCUT2D eigenvalue weighted by molar-refractivity contribution is 5.81. The molecular formula is C15H29NO. The SMILES string of the molecule is CC.CC.CC(=O)[C@@H](N)Cc1ccc(C)cc1.[HH]. The standard InChI is InChI=1S/C11H15NO.2C2H6.H2/c1-8-3-5-10(6-4-8)7-11(12)9(2)13;2*1-2;/h3-6,11H,7,12H2,1-2H3;2*1-2H3;1H/t11-;;;/m0.../s1. The molecule has 2 N–H and O–H groups in total. The van der Waals surface area contributed by atoms with E-state index < -0.39 is 0 Å². The van der Waals surface area contributed by atoms with Crippen molar-refractivity contribution < 1.29 is 6.22 Å². The van der Waals surface area contributed by atoms with Crippen molar-refractivity contribution in [2.45, 2.75) is 54.0 Å². The highest BCUT2D eigenvalue weighted by Crippen LogP contribution is 2.05. The summed E-state index contributed by atoms with van der Waals surface area (Å²) in [5.74, 6) is 0.0422. The predicted molar refractivity (Wildman–Crippen MR) is 78.3 cm³/mol. The van der Waals surface area contributed by atoms with Crippen LogP contribution in [0.5, 0.6) is 0 Å². The first-order chi connectivity index (χ1) is 8.09. The maximum atomic E-state index is 10.9. The first-order valence-electron chi connectivity index (χ1n) is 6.41. The van der Waals surface area contributed by atoms with Crippen LogP contribution in [-0.2, 0) is 11.2 Å². The Morgan fingerprint density at radius 2 is 1.59 bits per heavy atom. The van der Waals surface area contributed by atoms with Crippen molar-refractivity contribution in [2.75, 3.05) is 0 Å². The summed E-state index contributed by atoms with van der Waals surface area (Å²) in [4.78, 5) is 10.9. The number of ketones is 1. The van der Waals surface area contributed by atoms with Gasteiger partial charge in [0, 0.05) is 1.43 Å². The molecule has 1 aromatic carbocycles. The number of carbonyl (C=O) groups is 1. The van der Waals surface area contributed by atoms with Gasteiger partial charge in [0.1, 0.15) is 5.78 Å². The number of hydrogen-bond acceptors (Lipinski definition) is 2. The van der Waals surface area contributed by atoms with Crippen LogP contribution >= 0.6 is 0 Å². The fourth-order valence-corrected chi connectivity index (χ4v) is 1.12. The van der Waals surface area contributed by atoms with Crippen molar-refractivity contribution in [2.24, 2.45) is 5.73 Å². The molecule has 2 heteroatoms. The Labute approximate surface area is 108 Å². The zero-order chi connectivity index (χ0) is 13.8. The summed E-state index contributed by atoms with van der Waals surface area (Å²) in [5.41, 5.74) is 7.98. The molecule has 0 aliphatic carbocycles. The second kappa shape index (κ2) is 11.3. The zero-order valence-electron chi connectivity index (χ0n) is 12.1. The third-order valence-electron chi connectivity index (χ3n) is 2.10. The smallest absolute Gasteiger partial charge is 0.146 e. The van der Waals surface area contributed by atoms with Crippen LogP contribution < -0.4 is 5.73 Å². The molecule has 0 heterocycles. The van der Waals surface area contributed by atoms with E-state index in [0.717, 1.165) is 5.56 Å². The lowest BCUT2D eigenvalue weighted by Gasteiger charge is -2.07. The summed E-state index contributed by atoms with van der Waals surface area (Å²) >= 11 is 0. The predicted octanol–water partition coefficient (Wildman–Crippen LogP) is 3.75. The van der Waals surface area contributed by atoms with Crippen molar-refractivity contribution in [1.82, 2.24) is 0 Å². The van der Waals surface area contributed by atoms with E-state index in [9.17, 15) is 4.79 Å². The van der Waals surface area contributed by atoms with Crippen LogP contribution in [0.1, 0.15) is 47.2 Å². The summed E-state index contributed by atoms with van der Waals surface area (Å²) in [6.07, 6.45) is 0.635. The van der Waals surface area contributed by atoms with Gasteiger partial charge >= 0.3 is 0 Å². The molecule has 1 atom stereocenters. The van der Waals surface area contributed by atoms with Gasteiger partial charge < -0.3 is 5.73 Å². The second-order valence-electron chi connectivity index (χ2n) is 3.41. The number of aryl methyl sites for hydroxylation is 1. The van der Waals surface area contributed by atoms with Crippen molar-refractivity contribution in [3.63, 3.8) is 0 Å². The molecule has 1 rings (SSSR count). The van der Waals surface area contributed by atoms with Gasteiger partial charge in [-0.05, 0) is 25.8 Å². The third-order valence-corrected chi connectivity index (χ3v) is 2.10. The number of benzene rings is 1. The number of nitrogens with two attached hydrogens (primary N) is 1. The first-order valence-corrected chi connectivity index (χ1v) is 6.41. The van der Waals surface area contributed by atoms with Gasteiger partial charge in [-0.25, -0.2) is 0 Å². The molecule has 0 unspecified atom stereocenters. The monoisotopic (exact) mass is 239 g/mol. The van der Waals surface area contributed by atoms with Crippen molar-refractivity contribution in [3.8, 4) is 0 Å². The minimum atomic E-state index is -0.359. The molecule has 0 bridgehead atoms. The Kier molecular flexibility index (Phi) is 12.2. The van der Waals surface area contributed by atoms with E-state index in [-0.39, 0.29) is 13.3 Å². The third kappa shape index (κ3) is 8.64. The molecule has 0 aliphatic rings. The van der Waals surface area contributed by atoms with Gasteiger partial charge in [0.05, 0.1) is 6.04 Å². The van der Waals surface area contributed by atoms with Gasteiger partial charge in [-0.2, -0.15) is 0 Å². The molecule has 100 valence electrons. The minimum absolute atomic E-state index is 0. The van der Waals surface area contributed by atoms with Gasteiger partial charge in [-0.1, -0.05) is 57.5 Å². The quantitative estimate of drug-likeness (QED) is 0.873. The van der Waals surface area contributed by atoms with Crippen LogP contribution in [0.3, 0.4) is 0 Å². The van der Waals surface area contributed by atoms with Gasteiger partial charge in [0.25, 0.3) is 0 Å². The molecule has 0 fully saturated rings. The van der Waals surface area contributed by atoms with Crippen LogP contribution in [0, 0.1) is 6.92 Å². The van der Waals surface area contributed by atoms with Gasteiger partial charge in [-0.15, -0.1) is 0 Å². The first kappa shape index (κ1) is 18.2. The molecule has 0 radical (unpaired) electrons. The van der Waals surface area contributed by atoms with Crippen LogP contribution in [0.2, 0.25) is 0 Å². The second-order valence-corrected chi connectivity index (χ2v) is 3.41. The lowest BCUT2D eigenvalue weighted by Crippen LogP contribution is -2.30. The van der Waals surface area contributed by atoms with Crippen molar-refractivity contribution in [3.05, 3.63) is 35.4 Å². The largest absolute Gasteiger partial charge is 0.321 e.